The minimum absolute atomic E-state index is 0.563. The summed E-state index contributed by atoms with van der Waals surface area (Å²) in [4.78, 5) is 4.01. The molecule has 4 heteroatoms. The first-order valence-corrected chi connectivity index (χ1v) is 4.52. The van der Waals surface area contributed by atoms with Crippen LogP contribution in [0.2, 0.25) is 0 Å². The Morgan fingerprint density at radius 3 is 2.79 bits per heavy atom. The van der Waals surface area contributed by atoms with Crippen LogP contribution >= 0.6 is 0 Å². The highest BCUT2D eigenvalue weighted by Crippen LogP contribution is 2.06. The van der Waals surface area contributed by atoms with E-state index >= 15 is 0 Å². The first-order chi connectivity index (χ1) is 6.81. The third-order valence-corrected chi connectivity index (χ3v) is 1.60. The van der Waals surface area contributed by atoms with E-state index in [9.17, 15) is 0 Å². The number of hydrogen-bond donors (Lipinski definition) is 0. The monoisotopic (exact) mass is 188 g/mol. The zero-order valence-corrected chi connectivity index (χ0v) is 8.52. The van der Waals surface area contributed by atoms with Crippen molar-refractivity contribution in [3.8, 4) is 6.07 Å². The minimum atomic E-state index is 0.563. The van der Waals surface area contributed by atoms with E-state index in [0.717, 1.165) is 5.69 Å². The van der Waals surface area contributed by atoms with Crippen LogP contribution < -0.4 is 0 Å². The Labute approximate surface area is 82.8 Å². The molecule has 0 N–H and O–H groups in total. The van der Waals surface area contributed by atoms with Gasteiger partial charge < -0.3 is 0 Å². The van der Waals surface area contributed by atoms with Crippen LogP contribution in [0.3, 0.4) is 0 Å². The van der Waals surface area contributed by atoms with Gasteiger partial charge in [0.25, 0.3) is 0 Å². The van der Waals surface area contributed by atoms with E-state index in [2.05, 4.69) is 16.2 Å². The van der Waals surface area contributed by atoms with Crippen LogP contribution in [0, 0.1) is 18.3 Å². The van der Waals surface area contributed by atoms with Crippen molar-refractivity contribution in [3.63, 3.8) is 0 Å². The number of rotatable bonds is 0. The van der Waals surface area contributed by atoms with E-state index in [0.29, 0.717) is 11.2 Å². The summed E-state index contributed by atoms with van der Waals surface area (Å²) in [5.74, 6) is 0. The maximum atomic E-state index is 8.75. The van der Waals surface area contributed by atoms with Crippen molar-refractivity contribution in [2.45, 2.75) is 20.8 Å². The molecule has 0 unspecified atom stereocenters. The predicted molar refractivity (Wildman–Crippen MR) is 53.8 cm³/mol. The van der Waals surface area contributed by atoms with E-state index in [1.54, 1.807) is 23.0 Å². The number of nitrogens with zero attached hydrogens (tertiary/aromatic N) is 4. The normalized spacial score (nSPS) is 9.00. The van der Waals surface area contributed by atoms with Crippen LogP contribution in [-0.2, 0) is 0 Å². The third-order valence-electron chi connectivity index (χ3n) is 1.60. The zero-order chi connectivity index (χ0) is 10.6. The summed E-state index contributed by atoms with van der Waals surface area (Å²) < 4.78 is 1.61. The van der Waals surface area contributed by atoms with E-state index in [4.69, 9.17) is 5.26 Å². The second kappa shape index (κ2) is 4.38. The smallest absolute Gasteiger partial charge is 0.171 e. The molecule has 0 aliphatic heterocycles. The van der Waals surface area contributed by atoms with Gasteiger partial charge in [0.2, 0.25) is 0 Å². The number of hydrogen-bond acceptors (Lipinski definition) is 3. The van der Waals surface area contributed by atoms with Gasteiger partial charge in [0.05, 0.1) is 11.3 Å². The SMILES string of the molecule is CC.Cc1cc(C#N)c2nccn2n1. The largest absolute Gasteiger partial charge is 0.234 e. The lowest BCUT2D eigenvalue weighted by atomic mass is 10.3. The molecule has 0 atom stereocenters. The molecule has 14 heavy (non-hydrogen) atoms. The molecule has 0 spiro atoms. The summed E-state index contributed by atoms with van der Waals surface area (Å²) in [7, 11) is 0. The molecule has 0 radical (unpaired) electrons. The number of nitriles is 1. The summed E-state index contributed by atoms with van der Waals surface area (Å²) >= 11 is 0. The van der Waals surface area contributed by atoms with Crippen molar-refractivity contribution in [1.82, 2.24) is 14.6 Å². The van der Waals surface area contributed by atoms with Gasteiger partial charge in [-0.05, 0) is 13.0 Å². The van der Waals surface area contributed by atoms with Crippen LogP contribution in [0.4, 0.5) is 0 Å². The first-order valence-electron chi connectivity index (χ1n) is 4.52. The van der Waals surface area contributed by atoms with Gasteiger partial charge in [-0.3, -0.25) is 0 Å². The van der Waals surface area contributed by atoms with Gasteiger partial charge in [0.1, 0.15) is 6.07 Å². The highest BCUT2D eigenvalue weighted by molar-refractivity contribution is 5.54. The Balaban J connectivity index is 0.000000461. The Morgan fingerprint density at radius 1 is 1.43 bits per heavy atom. The molecule has 0 fully saturated rings. The molecule has 0 amide bonds. The van der Waals surface area contributed by atoms with E-state index in [1.165, 1.54) is 0 Å². The topological polar surface area (TPSA) is 54.0 Å². The Morgan fingerprint density at radius 2 is 2.14 bits per heavy atom. The van der Waals surface area contributed by atoms with Gasteiger partial charge in [-0.1, -0.05) is 13.8 Å². The molecule has 2 rings (SSSR count). The van der Waals surface area contributed by atoms with Crippen molar-refractivity contribution in [1.29, 1.82) is 5.26 Å². The standard InChI is InChI=1S/C8H6N4.C2H6/c1-6-4-7(5-9)8-10-2-3-12(8)11-6;1-2/h2-4H,1H3;1-2H3. The zero-order valence-electron chi connectivity index (χ0n) is 8.52. The molecule has 0 saturated heterocycles. The Hall–Kier alpha value is -1.89. The highest BCUT2D eigenvalue weighted by Gasteiger charge is 2.02. The quantitative estimate of drug-likeness (QED) is 0.634. The second-order valence-electron chi connectivity index (χ2n) is 2.51. The summed E-state index contributed by atoms with van der Waals surface area (Å²) in [5.41, 5.74) is 1.99. The molecular weight excluding hydrogens is 176 g/mol. The number of fused-ring (bicyclic) bond motifs is 1. The fraction of sp³-hybridized carbons (Fsp3) is 0.300. The van der Waals surface area contributed by atoms with Crippen LogP contribution in [0.1, 0.15) is 25.1 Å². The van der Waals surface area contributed by atoms with Crippen LogP contribution in [0.15, 0.2) is 18.5 Å². The first kappa shape index (κ1) is 10.2. The third kappa shape index (κ3) is 1.72. The summed E-state index contributed by atoms with van der Waals surface area (Å²) in [6, 6.07) is 3.80. The van der Waals surface area contributed by atoms with E-state index in [1.807, 2.05) is 20.8 Å². The van der Waals surface area contributed by atoms with Gasteiger partial charge in [0, 0.05) is 12.4 Å². The summed E-state index contributed by atoms with van der Waals surface area (Å²) in [6.07, 6.45) is 3.35. The Kier molecular flexibility index (Phi) is 3.19. The van der Waals surface area contributed by atoms with Gasteiger partial charge in [-0.2, -0.15) is 10.4 Å². The summed E-state index contributed by atoms with van der Waals surface area (Å²) in [6.45, 7) is 5.85. The Bertz CT molecular complexity index is 464. The predicted octanol–water partition coefficient (Wildman–Crippen LogP) is 1.94. The molecule has 0 aromatic carbocycles. The highest BCUT2D eigenvalue weighted by atomic mass is 15.2. The fourth-order valence-electron chi connectivity index (χ4n) is 1.12. The van der Waals surface area contributed by atoms with Gasteiger partial charge in [-0.25, -0.2) is 9.50 Å². The molecule has 0 saturated carbocycles. The van der Waals surface area contributed by atoms with Gasteiger partial charge in [0.15, 0.2) is 5.65 Å². The average molecular weight is 188 g/mol. The lowest BCUT2D eigenvalue weighted by Gasteiger charge is -1.95. The maximum Gasteiger partial charge on any atom is 0.171 e. The number of aromatic nitrogens is 3. The lowest BCUT2D eigenvalue weighted by Crippen LogP contribution is -1.95. The molecule has 2 aromatic rings. The van der Waals surface area contributed by atoms with Crippen molar-refractivity contribution in [2.75, 3.05) is 0 Å². The maximum absolute atomic E-state index is 8.75. The van der Waals surface area contributed by atoms with Crippen molar-refractivity contribution in [3.05, 3.63) is 29.7 Å². The van der Waals surface area contributed by atoms with Crippen molar-refractivity contribution < 1.29 is 0 Å². The summed E-state index contributed by atoms with van der Waals surface area (Å²) in [5, 5.41) is 12.9. The van der Waals surface area contributed by atoms with Crippen LogP contribution in [0.5, 0.6) is 0 Å². The number of imidazole rings is 1. The average Bonchev–Trinajstić information content (AvgIpc) is 2.67. The fourth-order valence-corrected chi connectivity index (χ4v) is 1.12. The molecule has 0 bridgehead atoms. The lowest BCUT2D eigenvalue weighted by molar-refractivity contribution is 0.898. The molecule has 72 valence electrons. The molecule has 2 heterocycles. The molecular formula is C10H12N4. The molecule has 4 nitrogen and oxygen atoms in total. The molecule has 0 aliphatic rings. The van der Waals surface area contributed by atoms with Crippen LogP contribution in [0.25, 0.3) is 5.65 Å². The van der Waals surface area contributed by atoms with Crippen molar-refractivity contribution >= 4 is 5.65 Å². The molecule has 2 aromatic heterocycles. The van der Waals surface area contributed by atoms with Crippen molar-refractivity contribution in [2.24, 2.45) is 0 Å². The second-order valence-corrected chi connectivity index (χ2v) is 2.51. The van der Waals surface area contributed by atoms with E-state index in [-0.39, 0.29) is 0 Å². The minimum Gasteiger partial charge on any atom is -0.234 e. The van der Waals surface area contributed by atoms with Gasteiger partial charge in [-0.15, -0.1) is 0 Å². The molecule has 0 aliphatic carbocycles. The van der Waals surface area contributed by atoms with Crippen LogP contribution in [-0.4, -0.2) is 14.6 Å². The number of aryl methyl sites for hydroxylation is 1. The van der Waals surface area contributed by atoms with E-state index < -0.39 is 0 Å². The van der Waals surface area contributed by atoms with Gasteiger partial charge >= 0.3 is 0 Å².